The predicted molar refractivity (Wildman–Crippen MR) is 64.1 cm³/mol. The van der Waals surface area contributed by atoms with Crippen LogP contribution in [-0.2, 0) is 6.54 Å². The van der Waals surface area contributed by atoms with Crippen molar-refractivity contribution in [3.63, 3.8) is 0 Å². The first-order valence-electron chi connectivity index (χ1n) is 5.66. The molecule has 1 aromatic carbocycles. The Morgan fingerprint density at radius 3 is 2.75 bits per heavy atom. The maximum atomic E-state index is 13.0. The summed E-state index contributed by atoms with van der Waals surface area (Å²) in [7, 11) is 1.60. The Labute approximate surface area is 96.8 Å². The second-order valence-corrected chi connectivity index (χ2v) is 4.32. The Morgan fingerprint density at radius 1 is 1.38 bits per heavy atom. The van der Waals surface area contributed by atoms with E-state index in [1.807, 2.05) is 0 Å². The zero-order valence-electron chi connectivity index (χ0n) is 10.2. The molecule has 0 heterocycles. The first-order chi connectivity index (χ1) is 7.63. The molecule has 16 heavy (non-hydrogen) atoms. The second-order valence-electron chi connectivity index (χ2n) is 4.32. The minimum Gasteiger partial charge on any atom is -0.496 e. The lowest BCUT2D eigenvalue weighted by molar-refractivity contribution is 0.405. The van der Waals surface area contributed by atoms with E-state index in [1.54, 1.807) is 13.2 Å². The minimum atomic E-state index is -0.221. The molecule has 0 aromatic heterocycles. The molecule has 0 aliphatic rings. The molecule has 0 spiro atoms. The third kappa shape index (κ3) is 4.19. The molecule has 0 aliphatic carbocycles. The molecule has 90 valence electrons. The number of nitrogens with one attached hydrogen (secondary N) is 1. The van der Waals surface area contributed by atoms with E-state index in [0.29, 0.717) is 12.5 Å². The van der Waals surface area contributed by atoms with Crippen molar-refractivity contribution in [1.29, 1.82) is 0 Å². The molecule has 0 unspecified atom stereocenters. The molecular formula is C13H20FNO. The lowest BCUT2D eigenvalue weighted by atomic mass is 10.1. The standard InChI is InChI=1S/C13H20FNO/c1-10(2)6-7-15-9-11-8-12(14)4-5-13(11)16-3/h4-5,8,10,15H,6-7,9H2,1-3H3. The van der Waals surface area contributed by atoms with Gasteiger partial charge in [-0.1, -0.05) is 13.8 Å². The molecule has 0 saturated heterocycles. The van der Waals surface area contributed by atoms with Crippen LogP contribution in [0.15, 0.2) is 18.2 Å². The number of rotatable bonds is 6. The van der Waals surface area contributed by atoms with Gasteiger partial charge >= 0.3 is 0 Å². The van der Waals surface area contributed by atoms with Crippen molar-refractivity contribution in [2.24, 2.45) is 5.92 Å². The molecule has 3 heteroatoms. The number of hydrogen-bond acceptors (Lipinski definition) is 2. The van der Waals surface area contributed by atoms with Gasteiger partial charge in [0.2, 0.25) is 0 Å². The number of hydrogen-bond donors (Lipinski definition) is 1. The molecule has 1 rings (SSSR count). The van der Waals surface area contributed by atoms with Gasteiger partial charge in [0.05, 0.1) is 7.11 Å². The monoisotopic (exact) mass is 225 g/mol. The highest BCUT2D eigenvalue weighted by atomic mass is 19.1. The summed E-state index contributed by atoms with van der Waals surface area (Å²) in [6.45, 7) is 5.96. The Morgan fingerprint density at radius 2 is 2.12 bits per heavy atom. The summed E-state index contributed by atoms with van der Waals surface area (Å²) in [6, 6.07) is 4.59. The minimum absolute atomic E-state index is 0.221. The van der Waals surface area contributed by atoms with E-state index in [4.69, 9.17) is 4.74 Å². The Kier molecular flexibility index (Phi) is 5.26. The van der Waals surface area contributed by atoms with Crippen LogP contribution in [0.2, 0.25) is 0 Å². The van der Waals surface area contributed by atoms with E-state index < -0.39 is 0 Å². The summed E-state index contributed by atoms with van der Waals surface area (Å²) >= 11 is 0. The van der Waals surface area contributed by atoms with Crippen LogP contribution in [-0.4, -0.2) is 13.7 Å². The summed E-state index contributed by atoms with van der Waals surface area (Å²) in [6.07, 6.45) is 1.12. The molecule has 0 amide bonds. The van der Waals surface area contributed by atoms with Crippen LogP contribution in [0, 0.1) is 11.7 Å². The Bertz CT molecular complexity index is 326. The third-order valence-electron chi connectivity index (χ3n) is 2.46. The van der Waals surface area contributed by atoms with Crippen LogP contribution >= 0.6 is 0 Å². The van der Waals surface area contributed by atoms with Gasteiger partial charge in [-0.2, -0.15) is 0 Å². The van der Waals surface area contributed by atoms with E-state index in [2.05, 4.69) is 19.2 Å². The average molecular weight is 225 g/mol. The van der Waals surface area contributed by atoms with E-state index in [-0.39, 0.29) is 5.82 Å². The zero-order chi connectivity index (χ0) is 12.0. The normalized spacial score (nSPS) is 10.8. The Hall–Kier alpha value is -1.09. The van der Waals surface area contributed by atoms with Crippen LogP contribution in [0.5, 0.6) is 5.75 Å². The highest BCUT2D eigenvalue weighted by Crippen LogP contribution is 2.18. The van der Waals surface area contributed by atoms with Gasteiger partial charge in [0.15, 0.2) is 0 Å². The SMILES string of the molecule is COc1ccc(F)cc1CNCCC(C)C. The van der Waals surface area contributed by atoms with E-state index in [0.717, 1.165) is 24.3 Å². The molecule has 1 N–H and O–H groups in total. The zero-order valence-corrected chi connectivity index (χ0v) is 10.2. The van der Waals surface area contributed by atoms with Crippen molar-refractivity contribution in [2.45, 2.75) is 26.8 Å². The summed E-state index contributed by atoms with van der Waals surface area (Å²) in [4.78, 5) is 0. The van der Waals surface area contributed by atoms with Crippen molar-refractivity contribution < 1.29 is 9.13 Å². The van der Waals surface area contributed by atoms with Crippen LogP contribution in [0.25, 0.3) is 0 Å². The van der Waals surface area contributed by atoms with Crippen molar-refractivity contribution in [2.75, 3.05) is 13.7 Å². The van der Waals surface area contributed by atoms with E-state index >= 15 is 0 Å². The van der Waals surface area contributed by atoms with Gasteiger partial charge in [0.1, 0.15) is 11.6 Å². The third-order valence-corrected chi connectivity index (χ3v) is 2.46. The fraction of sp³-hybridized carbons (Fsp3) is 0.538. The molecule has 0 aliphatic heterocycles. The second kappa shape index (κ2) is 6.48. The van der Waals surface area contributed by atoms with Crippen LogP contribution in [0.3, 0.4) is 0 Å². The maximum Gasteiger partial charge on any atom is 0.123 e. The van der Waals surface area contributed by atoms with E-state index in [1.165, 1.54) is 12.1 Å². The van der Waals surface area contributed by atoms with Crippen molar-refractivity contribution in [1.82, 2.24) is 5.32 Å². The topological polar surface area (TPSA) is 21.3 Å². The lowest BCUT2D eigenvalue weighted by Crippen LogP contribution is -2.16. The van der Waals surface area contributed by atoms with Gasteiger partial charge < -0.3 is 10.1 Å². The first kappa shape index (κ1) is 13.0. The van der Waals surface area contributed by atoms with Gasteiger partial charge in [-0.25, -0.2) is 4.39 Å². The molecule has 0 saturated carbocycles. The summed E-state index contributed by atoms with van der Waals surface area (Å²) in [5.74, 6) is 1.20. The smallest absolute Gasteiger partial charge is 0.123 e. The quantitative estimate of drug-likeness (QED) is 0.751. The van der Waals surface area contributed by atoms with Gasteiger partial charge in [-0.15, -0.1) is 0 Å². The number of halogens is 1. The summed E-state index contributed by atoms with van der Waals surface area (Å²) in [5.41, 5.74) is 0.867. The first-order valence-corrected chi connectivity index (χ1v) is 5.66. The highest BCUT2D eigenvalue weighted by Gasteiger charge is 2.04. The number of methoxy groups -OCH3 is 1. The van der Waals surface area contributed by atoms with Crippen molar-refractivity contribution >= 4 is 0 Å². The van der Waals surface area contributed by atoms with Crippen molar-refractivity contribution in [3.05, 3.63) is 29.6 Å². The molecule has 1 aromatic rings. The summed E-state index contributed by atoms with van der Waals surface area (Å²) in [5, 5.41) is 3.29. The van der Waals surface area contributed by atoms with E-state index in [9.17, 15) is 4.39 Å². The van der Waals surface area contributed by atoms with Crippen molar-refractivity contribution in [3.8, 4) is 5.75 Å². The van der Waals surface area contributed by atoms with Crippen LogP contribution < -0.4 is 10.1 Å². The van der Waals surface area contributed by atoms with Gasteiger partial charge in [0, 0.05) is 12.1 Å². The van der Waals surface area contributed by atoms with Crippen LogP contribution in [0.4, 0.5) is 4.39 Å². The number of ether oxygens (including phenoxy) is 1. The largest absolute Gasteiger partial charge is 0.496 e. The fourth-order valence-electron chi connectivity index (χ4n) is 1.50. The summed E-state index contributed by atoms with van der Waals surface area (Å²) < 4.78 is 18.2. The molecule has 2 nitrogen and oxygen atoms in total. The van der Waals surface area contributed by atoms with Gasteiger partial charge in [-0.05, 0) is 37.1 Å². The average Bonchev–Trinajstić information content (AvgIpc) is 2.24. The maximum absolute atomic E-state index is 13.0. The lowest BCUT2D eigenvalue weighted by Gasteiger charge is -2.10. The molecule has 0 atom stereocenters. The Balaban J connectivity index is 2.48. The van der Waals surface area contributed by atoms with Gasteiger partial charge in [-0.3, -0.25) is 0 Å². The molecule has 0 bridgehead atoms. The highest BCUT2D eigenvalue weighted by molar-refractivity contribution is 5.33. The molecular weight excluding hydrogens is 205 g/mol. The van der Waals surface area contributed by atoms with Crippen LogP contribution in [0.1, 0.15) is 25.8 Å². The molecule has 0 fully saturated rings. The van der Waals surface area contributed by atoms with Gasteiger partial charge in [0.25, 0.3) is 0 Å². The number of benzene rings is 1. The molecule has 0 radical (unpaired) electrons. The fourth-order valence-corrected chi connectivity index (χ4v) is 1.50. The predicted octanol–water partition coefficient (Wildman–Crippen LogP) is 2.97.